The second-order valence-corrected chi connectivity index (χ2v) is 4.96. The van der Waals surface area contributed by atoms with Crippen LogP contribution in [-0.4, -0.2) is 18.7 Å². The van der Waals surface area contributed by atoms with Crippen molar-refractivity contribution in [2.45, 2.75) is 12.7 Å². The van der Waals surface area contributed by atoms with E-state index in [9.17, 15) is 0 Å². The van der Waals surface area contributed by atoms with E-state index in [2.05, 4.69) is 19.1 Å². The molecule has 0 bridgehead atoms. The van der Waals surface area contributed by atoms with E-state index in [-0.39, 0.29) is 0 Å². The standard InChI is InChI=1S/C12H17ClOS/c1-10(7-13)8-15-9-11-3-5-12(14-2)6-4-11/h3-6,10H,7-9H2,1-2H3. The summed E-state index contributed by atoms with van der Waals surface area (Å²) in [6.45, 7) is 2.17. The number of rotatable bonds is 6. The Kier molecular flexibility index (Phi) is 5.96. The number of hydrogen-bond acceptors (Lipinski definition) is 2. The van der Waals surface area contributed by atoms with Crippen LogP contribution in [-0.2, 0) is 5.75 Å². The number of methoxy groups -OCH3 is 1. The molecule has 1 nitrogen and oxygen atoms in total. The SMILES string of the molecule is COc1ccc(CSCC(C)CCl)cc1. The van der Waals surface area contributed by atoms with Crippen LogP contribution in [0.4, 0.5) is 0 Å². The maximum atomic E-state index is 5.74. The largest absolute Gasteiger partial charge is 0.497 e. The second kappa shape index (κ2) is 7.02. The quantitative estimate of drug-likeness (QED) is 0.704. The van der Waals surface area contributed by atoms with Gasteiger partial charge in [0.15, 0.2) is 0 Å². The summed E-state index contributed by atoms with van der Waals surface area (Å²) < 4.78 is 5.11. The molecular weight excluding hydrogens is 228 g/mol. The average molecular weight is 245 g/mol. The molecule has 0 fully saturated rings. The van der Waals surface area contributed by atoms with E-state index < -0.39 is 0 Å². The van der Waals surface area contributed by atoms with E-state index in [0.717, 1.165) is 23.1 Å². The molecule has 0 aliphatic rings. The summed E-state index contributed by atoms with van der Waals surface area (Å²) in [6, 6.07) is 8.22. The van der Waals surface area contributed by atoms with Crippen LogP contribution in [0.1, 0.15) is 12.5 Å². The molecule has 84 valence electrons. The van der Waals surface area contributed by atoms with Crippen LogP contribution in [0.25, 0.3) is 0 Å². The number of benzene rings is 1. The minimum Gasteiger partial charge on any atom is -0.497 e. The molecule has 1 aromatic carbocycles. The lowest BCUT2D eigenvalue weighted by Gasteiger charge is -2.07. The van der Waals surface area contributed by atoms with Crippen molar-refractivity contribution in [3.05, 3.63) is 29.8 Å². The van der Waals surface area contributed by atoms with E-state index in [1.165, 1.54) is 5.56 Å². The first kappa shape index (κ1) is 12.7. The van der Waals surface area contributed by atoms with Crippen molar-refractivity contribution >= 4 is 23.4 Å². The van der Waals surface area contributed by atoms with Crippen LogP contribution in [0.15, 0.2) is 24.3 Å². The smallest absolute Gasteiger partial charge is 0.118 e. The predicted molar refractivity (Wildman–Crippen MR) is 69.0 cm³/mol. The molecule has 0 heterocycles. The number of ether oxygens (including phenoxy) is 1. The van der Waals surface area contributed by atoms with Gasteiger partial charge >= 0.3 is 0 Å². The fourth-order valence-electron chi connectivity index (χ4n) is 1.14. The molecule has 0 aromatic heterocycles. The zero-order valence-electron chi connectivity index (χ0n) is 9.20. The van der Waals surface area contributed by atoms with E-state index in [0.29, 0.717) is 5.92 Å². The lowest BCUT2D eigenvalue weighted by Crippen LogP contribution is -1.99. The molecule has 1 aromatic rings. The lowest BCUT2D eigenvalue weighted by atomic mass is 10.2. The zero-order valence-corrected chi connectivity index (χ0v) is 10.8. The third kappa shape index (κ3) is 4.80. The number of thioether (sulfide) groups is 1. The van der Waals surface area contributed by atoms with Crippen LogP contribution < -0.4 is 4.74 Å². The Morgan fingerprint density at radius 2 is 2.00 bits per heavy atom. The first-order valence-corrected chi connectivity index (χ1v) is 6.71. The van der Waals surface area contributed by atoms with Crippen LogP contribution in [0.2, 0.25) is 0 Å². The van der Waals surface area contributed by atoms with Crippen LogP contribution in [0.3, 0.4) is 0 Å². The Morgan fingerprint density at radius 1 is 1.33 bits per heavy atom. The van der Waals surface area contributed by atoms with Gasteiger partial charge < -0.3 is 4.74 Å². The molecular formula is C12H17ClOS. The molecule has 1 rings (SSSR count). The minimum atomic E-state index is 0.593. The Balaban J connectivity index is 2.31. The predicted octanol–water partition coefficient (Wildman–Crippen LogP) is 3.80. The van der Waals surface area contributed by atoms with Crippen LogP contribution >= 0.6 is 23.4 Å². The van der Waals surface area contributed by atoms with Crippen molar-refractivity contribution in [1.29, 1.82) is 0 Å². The van der Waals surface area contributed by atoms with Gasteiger partial charge in [-0.1, -0.05) is 19.1 Å². The van der Waals surface area contributed by atoms with Gasteiger partial charge in [0, 0.05) is 11.6 Å². The lowest BCUT2D eigenvalue weighted by molar-refractivity contribution is 0.414. The van der Waals surface area contributed by atoms with Gasteiger partial charge in [-0.25, -0.2) is 0 Å². The highest BCUT2D eigenvalue weighted by atomic mass is 35.5. The summed E-state index contributed by atoms with van der Waals surface area (Å²) in [5, 5.41) is 0. The van der Waals surface area contributed by atoms with Gasteiger partial charge in [0.2, 0.25) is 0 Å². The maximum absolute atomic E-state index is 5.74. The molecule has 0 amide bonds. The Hall–Kier alpha value is -0.340. The normalized spacial score (nSPS) is 12.5. The fourth-order valence-corrected chi connectivity index (χ4v) is 2.45. The van der Waals surface area contributed by atoms with Gasteiger partial charge in [-0.3, -0.25) is 0 Å². The molecule has 0 spiro atoms. The first-order valence-electron chi connectivity index (χ1n) is 5.03. The van der Waals surface area contributed by atoms with Gasteiger partial charge in [-0.05, 0) is 29.4 Å². The highest BCUT2D eigenvalue weighted by Gasteiger charge is 2.00. The second-order valence-electron chi connectivity index (χ2n) is 3.62. The molecule has 0 aliphatic heterocycles. The molecule has 0 saturated heterocycles. The van der Waals surface area contributed by atoms with Crippen molar-refractivity contribution < 1.29 is 4.74 Å². The first-order chi connectivity index (χ1) is 7.26. The molecule has 15 heavy (non-hydrogen) atoms. The molecule has 0 N–H and O–H groups in total. The minimum absolute atomic E-state index is 0.593. The highest BCUT2D eigenvalue weighted by Crippen LogP contribution is 2.18. The van der Waals surface area contributed by atoms with Gasteiger partial charge in [0.1, 0.15) is 5.75 Å². The summed E-state index contributed by atoms with van der Waals surface area (Å²) in [4.78, 5) is 0. The van der Waals surface area contributed by atoms with Crippen molar-refractivity contribution in [3.8, 4) is 5.75 Å². The van der Waals surface area contributed by atoms with E-state index >= 15 is 0 Å². The van der Waals surface area contributed by atoms with Gasteiger partial charge in [0.25, 0.3) is 0 Å². The molecule has 0 aliphatic carbocycles. The van der Waals surface area contributed by atoms with Crippen molar-refractivity contribution in [2.75, 3.05) is 18.7 Å². The van der Waals surface area contributed by atoms with Crippen LogP contribution in [0.5, 0.6) is 5.75 Å². The van der Waals surface area contributed by atoms with Crippen molar-refractivity contribution in [2.24, 2.45) is 5.92 Å². The zero-order chi connectivity index (χ0) is 11.1. The molecule has 1 unspecified atom stereocenters. The number of alkyl halides is 1. The molecule has 0 saturated carbocycles. The maximum Gasteiger partial charge on any atom is 0.118 e. The average Bonchev–Trinajstić information content (AvgIpc) is 2.29. The molecule has 1 atom stereocenters. The fraction of sp³-hybridized carbons (Fsp3) is 0.500. The van der Waals surface area contributed by atoms with Gasteiger partial charge in [0.05, 0.1) is 7.11 Å². The van der Waals surface area contributed by atoms with E-state index in [1.807, 2.05) is 23.9 Å². The van der Waals surface area contributed by atoms with E-state index in [1.54, 1.807) is 7.11 Å². The highest BCUT2D eigenvalue weighted by molar-refractivity contribution is 7.98. The topological polar surface area (TPSA) is 9.23 Å². The van der Waals surface area contributed by atoms with Gasteiger partial charge in [-0.2, -0.15) is 11.8 Å². The molecule has 3 heteroatoms. The third-order valence-corrected chi connectivity index (χ3v) is 3.96. The Labute approximate surface area is 101 Å². The summed E-state index contributed by atoms with van der Waals surface area (Å²) in [6.07, 6.45) is 0. The van der Waals surface area contributed by atoms with E-state index in [4.69, 9.17) is 16.3 Å². The Morgan fingerprint density at radius 3 is 2.53 bits per heavy atom. The van der Waals surface area contributed by atoms with Crippen molar-refractivity contribution in [1.82, 2.24) is 0 Å². The summed E-state index contributed by atoms with van der Waals surface area (Å²) >= 11 is 7.67. The van der Waals surface area contributed by atoms with Crippen LogP contribution in [0, 0.1) is 5.92 Å². The van der Waals surface area contributed by atoms with Gasteiger partial charge in [-0.15, -0.1) is 11.6 Å². The summed E-state index contributed by atoms with van der Waals surface area (Å²) in [5.74, 6) is 4.42. The third-order valence-electron chi connectivity index (χ3n) is 2.09. The van der Waals surface area contributed by atoms with Crippen molar-refractivity contribution in [3.63, 3.8) is 0 Å². The summed E-state index contributed by atoms with van der Waals surface area (Å²) in [5.41, 5.74) is 1.34. The molecule has 0 radical (unpaired) electrons. The number of hydrogen-bond donors (Lipinski definition) is 0. The summed E-state index contributed by atoms with van der Waals surface area (Å²) in [7, 11) is 1.69. The monoisotopic (exact) mass is 244 g/mol. The Bertz CT molecular complexity index is 273. The number of halogens is 1.